The molecule has 1 aromatic heterocycles. The molecule has 5 heteroatoms. The Morgan fingerprint density at radius 2 is 2.50 bits per heavy atom. The number of carbonyl (C=O) groups is 1. The number of hydrogen-bond donors (Lipinski definition) is 1. The van der Waals surface area contributed by atoms with Crippen LogP contribution < -0.4 is 0 Å². The number of hydrogen-bond acceptors (Lipinski definition) is 3. The van der Waals surface area contributed by atoms with Crippen LogP contribution in [0.3, 0.4) is 0 Å². The third kappa shape index (κ3) is 2.61. The highest BCUT2D eigenvalue weighted by Crippen LogP contribution is 2.21. The predicted octanol–water partition coefficient (Wildman–Crippen LogP) is 0.859. The van der Waals surface area contributed by atoms with Crippen molar-refractivity contribution < 1.29 is 9.90 Å². The number of rotatable bonds is 4. The molecule has 1 aliphatic rings. The summed E-state index contributed by atoms with van der Waals surface area (Å²) in [5.74, 6) is -0.710. The Labute approximate surface area is 94.7 Å². The van der Waals surface area contributed by atoms with E-state index in [2.05, 4.69) is 10.00 Å². The molecular weight excluding hydrogens is 206 g/mol. The summed E-state index contributed by atoms with van der Waals surface area (Å²) < 4.78 is 1.78. The minimum atomic E-state index is -0.710. The van der Waals surface area contributed by atoms with Crippen LogP contribution in [0.1, 0.15) is 25.0 Å². The molecule has 0 amide bonds. The van der Waals surface area contributed by atoms with Crippen LogP contribution in [0.25, 0.3) is 0 Å². The predicted molar refractivity (Wildman–Crippen MR) is 58.9 cm³/mol. The van der Waals surface area contributed by atoms with E-state index in [-0.39, 0.29) is 12.5 Å². The van der Waals surface area contributed by atoms with Gasteiger partial charge in [-0.15, -0.1) is 0 Å². The van der Waals surface area contributed by atoms with Gasteiger partial charge in [-0.25, -0.2) is 0 Å². The van der Waals surface area contributed by atoms with E-state index in [1.54, 1.807) is 4.68 Å². The molecule has 0 spiro atoms. The van der Waals surface area contributed by atoms with Gasteiger partial charge in [0.2, 0.25) is 0 Å². The average Bonchev–Trinajstić information content (AvgIpc) is 2.77. The number of likely N-dealkylation sites (tertiary alicyclic amines) is 1. The van der Waals surface area contributed by atoms with Crippen molar-refractivity contribution in [3.63, 3.8) is 0 Å². The maximum atomic E-state index is 10.7. The molecule has 16 heavy (non-hydrogen) atoms. The van der Waals surface area contributed by atoms with E-state index in [0.717, 1.165) is 31.6 Å². The summed E-state index contributed by atoms with van der Waals surface area (Å²) >= 11 is 0. The van der Waals surface area contributed by atoms with E-state index in [0.29, 0.717) is 0 Å². The summed E-state index contributed by atoms with van der Waals surface area (Å²) in [6.45, 7) is 1.74. The molecule has 1 fully saturated rings. The third-order valence-electron chi connectivity index (χ3n) is 3.04. The van der Waals surface area contributed by atoms with E-state index in [1.165, 1.54) is 0 Å². The molecule has 1 N–H and O–H groups in total. The molecule has 1 aromatic rings. The van der Waals surface area contributed by atoms with Gasteiger partial charge < -0.3 is 5.11 Å². The fraction of sp³-hybridized carbons (Fsp3) is 0.636. The largest absolute Gasteiger partial charge is 0.481 e. The standard InChI is InChI=1S/C11H17N3O2/c1-13-6-4-9(12-13)8-14-5-2-3-10(14)7-11(15)16/h4,6,10H,2-3,5,7-8H2,1H3,(H,15,16). The lowest BCUT2D eigenvalue weighted by Crippen LogP contribution is -2.31. The zero-order valence-electron chi connectivity index (χ0n) is 9.46. The molecule has 5 nitrogen and oxygen atoms in total. The van der Waals surface area contributed by atoms with Gasteiger partial charge in [0, 0.05) is 25.8 Å². The monoisotopic (exact) mass is 223 g/mol. The molecule has 1 atom stereocenters. The van der Waals surface area contributed by atoms with Gasteiger partial charge in [-0.3, -0.25) is 14.4 Å². The van der Waals surface area contributed by atoms with Crippen molar-refractivity contribution in [2.24, 2.45) is 7.05 Å². The van der Waals surface area contributed by atoms with Gasteiger partial charge in [0.15, 0.2) is 0 Å². The second kappa shape index (κ2) is 4.65. The molecule has 2 heterocycles. The van der Waals surface area contributed by atoms with Crippen molar-refractivity contribution in [3.05, 3.63) is 18.0 Å². The minimum Gasteiger partial charge on any atom is -0.481 e. The van der Waals surface area contributed by atoms with Crippen molar-refractivity contribution in [1.29, 1.82) is 0 Å². The zero-order chi connectivity index (χ0) is 11.5. The Balaban J connectivity index is 1.95. The Kier molecular flexibility index (Phi) is 3.24. The molecule has 0 bridgehead atoms. The van der Waals surface area contributed by atoms with E-state index in [1.807, 2.05) is 19.3 Å². The number of aliphatic carboxylic acids is 1. The van der Waals surface area contributed by atoms with Crippen molar-refractivity contribution in [1.82, 2.24) is 14.7 Å². The fourth-order valence-electron chi connectivity index (χ4n) is 2.29. The molecule has 0 aliphatic carbocycles. The van der Waals surface area contributed by atoms with E-state index in [9.17, 15) is 4.79 Å². The number of nitrogens with zero attached hydrogens (tertiary/aromatic N) is 3. The van der Waals surface area contributed by atoms with Gasteiger partial charge >= 0.3 is 5.97 Å². The van der Waals surface area contributed by atoms with Crippen molar-refractivity contribution in [2.45, 2.75) is 31.8 Å². The summed E-state index contributed by atoms with van der Waals surface area (Å²) in [4.78, 5) is 12.9. The highest BCUT2D eigenvalue weighted by molar-refractivity contribution is 5.67. The number of carboxylic acids is 1. The van der Waals surface area contributed by atoms with Gasteiger partial charge in [-0.1, -0.05) is 0 Å². The zero-order valence-corrected chi connectivity index (χ0v) is 9.46. The van der Waals surface area contributed by atoms with Crippen molar-refractivity contribution >= 4 is 5.97 Å². The summed E-state index contributed by atoms with van der Waals surface area (Å²) in [6, 6.07) is 2.16. The van der Waals surface area contributed by atoms with Crippen LogP contribution in [-0.2, 0) is 18.4 Å². The minimum absolute atomic E-state index is 0.180. The van der Waals surface area contributed by atoms with E-state index >= 15 is 0 Å². The fourth-order valence-corrected chi connectivity index (χ4v) is 2.29. The highest BCUT2D eigenvalue weighted by atomic mass is 16.4. The lowest BCUT2D eigenvalue weighted by atomic mass is 10.1. The molecule has 0 aromatic carbocycles. The Morgan fingerprint density at radius 3 is 3.12 bits per heavy atom. The van der Waals surface area contributed by atoms with Crippen LogP contribution in [0.4, 0.5) is 0 Å². The van der Waals surface area contributed by atoms with E-state index < -0.39 is 5.97 Å². The normalized spacial score (nSPS) is 21.4. The van der Waals surface area contributed by atoms with Crippen molar-refractivity contribution in [2.75, 3.05) is 6.54 Å². The van der Waals surface area contributed by atoms with Gasteiger partial charge in [-0.2, -0.15) is 5.10 Å². The number of aryl methyl sites for hydroxylation is 1. The maximum Gasteiger partial charge on any atom is 0.304 e. The smallest absolute Gasteiger partial charge is 0.304 e. The Morgan fingerprint density at radius 1 is 1.69 bits per heavy atom. The average molecular weight is 223 g/mol. The van der Waals surface area contributed by atoms with Crippen LogP contribution in [0.15, 0.2) is 12.3 Å². The second-order valence-corrected chi connectivity index (χ2v) is 4.35. The molecule has 1 unspecified atom stereocenters. The molecular formula is C11H17N3O2. The molecule has 2 rings (SSSR count). The van der Waals surface area contributed by atoms with Gasteiger partial charge in [-0.05, 0) is 25.5 Å². The first-order valence-electron chi connectivity index (χ1n) is 5.59. The summed E-state index contributed by atoms with van der Waals surface area (Å²) in [6.07, 6.45) is 4.23. The van der Waals surface area contributed by atoms with Crippen molar-refractivity contribution in [3.8, 4) is 0 Å². The van der Waals surface area contributed by atoms with Crippen LogP contribution >= 0.6 is 0 Å². The molecule has 1 aliphatic heterocycles. The van der Waals surface area contributed by atoms with Gasteiger partial charge in [0.1, 0.15) is 0 Å². The summed E-state index contributed by atoms with van der Waals surface area (Å²) in [7, 11) is 1.89. The molecule has 88 valence electrons. The molecule has 0 radical (unpaired) electrons. The first-order valence-corrected chi connectivity index (χ1v) is 5.59. The van der Waals surface area contributed by atoms with Crippen LogP contribution in [0.2, 0.25) is 0 Å². The van der Waals surface area contributed by atoms with Crippen LogP contribution in [-0.4, -0.2) is 38.3 Å². The van der Waals surface area contributed by atoms with E-state index in [4.69, 9.17) is 5.11 Å². The lowest BCUT2D eigenvalue weighted by molar-refractivity contribution is -0.138. The van der Waals surface area contributed by atoms with Gasteiger partial charge in [0.25, 0.3) is 0 Å². The quantitative estimate of drug-likeness (QED) is 0.822. The van der Waals surface area contributed by atoms with Crippen LogP contribution in [0, 0.1) is 0 Å². The Bertz CT molecular complexity index is 375. The first kappa shape index (κ1) is 11.1. The lowest BCUT2D eigenvalue weighted by Gasteiger charge is -2.21. The van der Waals surface area contributed by atoms with Crippen LogP contribution in [0.5, 0.6) is 0 Å². The number of carboxylic acid groups (broad SMARTS) is 1. The first-order chi connectivity index (χ1) is 7.65. The second-order valence-electron chi connectivity index (χ2n) is 4.35. The Hall–Kier alpha value is -1.36. The highest BCUT2D eigenvalue weighted by Gasteiger charge is 2.26. The molecule has 0 saturated carbocycles. The summed E-state index contributed by atoms with van der Waals surface area (Å²) in [5.41, 5.74) is 1.01. The SMILES string of the molecule is Cn1ccc(CN2CCCC2CC(=O)O)n1. The maximum absolute atomic E-state index is 10.7. The topological polar surface area (TPSA) is 58.4 Å². The van der Waals surface area contributed by atoms with Gasteiger partial charge in [0.05, 0.1) is 12.1 Å². The number of aromatic nitrogens is 2. The third-order valence-corrected chi connectivity index (χ3v) is 3.04. The molecule has 1 saturated heterocycles. The summed E-state index contributed by atoms with van der Waals surface area (Å²) in [5, 5.41) is 13.1.